The quantitative estimate of drug-likeness (QED) is 0.902. The number of fused-ring (bicyclic) bond motifs is 1. The summed E-state index contributed by atoms with van der Waals surface area (Å²) < 4.78 is 5.26. The number of halogens is 1. The first-order valence-corrected chi connectivity index (χ1v) is 8.11. The Morgan fingerprint density at radius 1 is 1.25 bits per heavy atom. The van der Waals surface area contributed by atoms with E-state index in [0.717, 1.165) is 29.8 Å². The molecule has 5 heteroatoms. The van der Waals surface area contributed by atoms with Crippen LogP contribution in [0.5, 0.6) is 5.75 Å². The molecule has 130 valence electrons. The van der Waals surface area contributed by atoms with Crippen molar-refractivity contribution in [3.8, 4) is 5.75 Å². The van der Waals surface area contributed by atoms with Gasteiger partial charge in [-0.2, -0.15) is 0 Å². The molecule has 1 N–H and O–H groups in total. The van der Waals surface area contributed by atoms with Crippen LogP contribution in [0.25, 0.3) is 10.8 Å². The summed E-state index contributed by atoms with van der Waals surface area (Å²) in [7, 11) is 3.57. The van der Waals surface area contributed by atoms with Crippen LogP contribution in [0.2, 0.25) is 0 Å². The molecule has 4 nitrogen and oxygen atoms in total. The first kappa shape index (κ1) is 18.6. The topological polar surface area (TPSA) is 41.6 Å². The lowest BCUT2D eigenvalue weighted by Crippen LogP contribution is -2.49. The number of hydrogen-bond donors (Lipinski definition) is 1. The molecular weight excluding hydrogens is 324 g/mol. The number of nitrogens with zero attached hydrogens (tertiary/aromatic N) is 1. The third-order valence-corrected chi connectivity index (χ3v) is 4.82. The van der Waals surface area contributed by atoms with Gasteiger partial charge in [-0.05, 0) is 53.5 Å². The number of nitrogens with one attached hydrogen (secondary N) is 1. The largest absolute Gasteiger partial charge is 0.497 e. The van der Waals surface area contributed by atoms with E-state index in [-0.39, 0.29) is 24.2 Å². The van der Waals surface area contributed by atoms with Crippen molar-refractivity contribution in [3.05, 3.63) is 42.0 Å². The van der Waals surface area contributed by atoms with E-state index in [0.29, 0.717) is 12.5 Å². The summed E-state index contributed by atoms with van der Waals surface area (Å²) in [6.45, 7) is 4.60. The van der Waals surface area contributed by atoms with Gasteiger partial charge in [0.1, 0.15) is 5.75 Å². The molecule has 1 saturated heterocycles. The molecule has 2 aromatic rings. The fourth-order valence-corrected chi connectivity index (χ4v) is 3.06. The predicted molar refractivity (Wildman–Crippen MR) is 99.7 cm³/mol. The highest BCUT2D eigenvalue weighted by molar-refractivity contribution is 5.85. The molecule has 0 radical (unpaired) electrons. The molecule has 1 fully saturated rings. The highest BCUT2D eigenvalue weighted by Gasteiger charge is 2.30. The van der Waals surface area contributed by atoms with Gasteiger partial charge in [-0.3, -0.25) is 4.79 Å². The second kappa shape index (κ2) is 7.86. The van der Waals surface area contributed by atoms with Crippen molar-refractivity contribution in [2.24, 2.45) is 11.8 Å². The fraction of sp³-hybridized carbons (Fsp3) is 0.421. The monoisotopic (exact) mass is 348 g/mol. The maximum atomic E-state index is 12.5. The van der Waals surface area contributed by atoms with Gasteiger partial charge in [0.15, 0.2) is 0 Å². The van der Waals surface area contributed by atoms with Crippen LogP contribution in [0.4, 0.5) is 0 Å². The number of methoxy groups -OCH3 is 1. The molecule has 1 atom stereocenters. The number of amides is 1. The molecule has 1 aliphatic rings. The van der Waals surface area contributed by atoms with E-state index >= 15 is 0 Å². The smallest absolute Gasteiger partial charge is 0.225 e. The SMILES string of the molecule is COc1ccc2cc(CN(C)C(=O)C(C)C3CNC3)ccc2c1.Cl. The third kappa shape index (κ3) is 3.82. The van der Waals surface area contributed by atoms with Crippen LogP contribution in [0.3, 0.4) is 0 Å². The van der Waals surface area contributed by atoms with E-state index in [1.807, 2.05) is 31.0 Å². The maximum Gasteiger partial charge on any atom is 0.225 e. The van der Waals surface area contributed by atoms with Gasteiger partial charge < -0.3 is 15.0 Å². The van der Waals surface area contributed by atoms with E-state index in [1.54, 1.807) is 7.11 Å². The lowest BCUT2D eigenvalue weighted by molar-refractivity contribution is -0.136. The van der Waals surface area contributed by atoms with Crippen molar-refractivity contribution < 1.29 is 9.53 Å². The Hall–Kier alpha value is -1.78. The number of carbonyl (C=O) groups excluding carboxylic acids is 1. The second-order valence-electron chi connectivity index (χ2n) is 6.45. The average molecular weight is 349 g/mol. The molecule has 1 aliphatic heterocycles. The first-order chi connectivity index (χ1) is 11.1. The lowest BCUT2D eigenvalue weighted by Gasteiger charge is -2.34. The van der Waals surface area contributed by atoms with E-state index in [9.17, 15) is 4.79 Å². The summed E-state index contributed by atoms with van der Waals surface area (Å²) in [6.07, 6.45) is 0. The van der Waals surface area contributed by atoms with Crippen molar-refractivity contribution in [1.29, 1.82) is 0 Å². The Morgan fingerprint density at radius 2 is 1.92 bits per heavy atom. The van der Waals surface area contributed by atoms with E-state index in [2.05, 4.69) is 29.6 Å². The Labute approximate surface area is 149 Å². The van der Waals surface area contributed by atoms with Gasteiger partial charge in [-0.1, -0.05) is 25.1 Å². The zero-order valence-corrected chi connectivity index (χ0v) is 15.2. The Kier molecular flexibility index (Phi) is 6.08. The molecular formula is C19H25ClN2O2. The zero-order valence-electron chi connectivity index (χ0n) is 14.4. The van der Waals surface area contributed by atoms with Crippen molar-refractivity contribution in [3.63, 3.8) is 0 Å². The van der Waals surface area contributed by atoms with Crippen molar-refractivity contribution in [2.45, 2.75) is 13.5 Å². The van der Waals surface area contributed by atoms with Crippen LogP contribution in [-0.2, 0) is 11.3 Å². The molecule has 1 heterocycles. The number of carbonyl (C=O) groups is 1. The minimum atomic E-state index is 0. The van der Waals surface area contributed by atoms with E-state index < -0.39 is 0 Å². The van der Waals surface area contributed by atoms with Crippen LogP contribution < -0.4 is 10.1 Å². The summed E-state index contributed by atoms with van der Waals surface area (Å²) in [4.78, 5) is 14.4. The van der Waals surface area contributed by atoms with Gasteiger partial charge in [0.05, 0.1) is 7.11 Å². The Bertz CT molecular complexity index is 716. The van der Waals surface area contributed by atoms with Gasteiger partial charge in [0, 0.05) is 19.5 Å². The van der Waals surface area contributed by atoms with Crippen molar-refractivity contribution >= 4 is 29.1 Å². The molecule has 0 saturated carbocycles. The molecule has 2 aromatic carbocycles. The van der Waals surface area contributed by atoms with Gasteiger partial charge in [-0.15, -0.1) is 12.4 Å². The summed E-state index contributed by atoms with van der Waals surface area (Å²) in [6, 6.07) is 12.4. The van der Waals surface area contributed by atoms with Crippen LogP contribution in [0, 0.1) is 11.8 Å². The molecule has 1 unspecified atom stereocenters. The highest BCUT2D eigenvalue weighted by Crippen LogP contribution is 2.23. The van der Waals surface area contributed by atoms with Crippen LogP contribution in [-0.4, -0.2) is 38.1 Å². The van der Waals surface area contributed by atoms with Crippen LogP contribution in [0.1, 0.15) is 12.5 Å². The zero-order chi connectivity index (χ0) is 16.4. The summed E-state index contributed by atoms with van der Waals surface area (Å²) in [5, 5.41) is 5.55. The standard InChI is InChI=1S/C19H24N2O2.ClH/c1-13(17-10-20-11-17)19(22)21(2)12-14-4-5-16-9-18(23-3)7-6-15(16)8-14;/h4-9,13,17,20H,10-12H2,1-3H3;1H. The fourth-order valence-electron chi connectivity index (χ4n) is 3.06. The number of ether oxygens (including phenoxy) is 1. The molecule has 0 aliphatic carbocycles. The molecule has 0 spiro atoms. The second-order valence-corrected chi connectivity index (χ2v) is 6.45. The number of rotatable bonds is 5. The van der Waals surface area contributed by atoms with Gasteiger partial charge >= 0.3 is 0 Å². The maximum absolute atomic E-state index is 12.5. The summed E-state index contributed by atoms with van der Waals surface area (Å²) >= 11 is 0. The van der Waals surface area contributed by atoms with Crippen LogP contribution in [0.15, 0.2) is 36.4 Å². The third-order valence-electron chi connectivity index (χ3n) is 4.82. The van der Waals surface area contributed by atoms with E-state index in [1.165, 1.54) is 5.39 Å². The Morgan fingerprint density at radius 3 is 2.54 bits per heavy atom. The minimum Gasteiger partial charge on any atom is -0.497 e. The average Bonchev–Trinajstić information content (AvgIpc) is 2.51. The molecule has 24 heavy (non-hydrogen) atoms. The highest BCUT2D eigenvalue weighted by atomic mass is 35.5. The summed E-state index contributed by atoms with van der Waals surface area (Å²) in [5.41, 5.74) is 1.15. The Balaban J connectivity index is 0.00000208. The van der Waals surface area contributed by atoms with Gasteiger partial charge in [0.2, 0.25) is 5.91 Å². The molecule has 0 aromatic heterocycles. The lowest BCUT2D eigenvalue weighted by atomic mass is 9.88. The molecule has 1 amide bonds. The number of benzene rings is 2. The minimum absolute atomic E-state index is 0. The van der Waals surface area contributed by atoms with Gasteiger partial charge in [0.25, 0.3) is 0 Å². The van der Waals surface area contributed by atoms with Gasteiger partial charge in [-0.25, -0.2) is 0 Å². The molecule has 3 rings (SSSR count). The first-order valence-electron chi connectivity index (χ1n) is 8.11. The predicted octanol–water partition coefficient (Wildman–Crippen LogP) is 3.08. The van der Waals surface area contributed by atoms with Crippen LogP contribution >= 0.6 is 12.4 Å². The van der Waals surface area contributed by atoms with Crippen molar-refractivity contribution in [1.82, 2.24) is 10.2 Å². The summed E-state index contributed by atoms with van der Waals surface area (Å²) in [5.74, 6) is 1.66. The van der Waals surface area contributed by atoms with E-state index in [4.69, 9.17) is 4.74 Å². The molecule has 0 bridgehead atoms. The van der Waals surface area contributed by atoms with Crippen molar-refractivity contribution in [2.75, 3.05) is 27.2 Å². The normalized spacial score (nSPS) is 15.3. The number of hydrogen-bond acceptors (Lipinski definition) is 3.